The Morgan fingerprint density at radius 3 is 2.33 bits per heavy atom. The molecule has 0 radical (unpaired) electrons. The van der Waals surface area contributed by atoms with Crippen LogP contribution in [-0.4, -0.2) is 55.1 Å². The van der Waals surface area contributed by atoms with Gasteiger partial charge in [-0.15, -0.1) is 0 Å². The van der Waals surface area contributed by atoms with Crippen molar-refractivity contribution in [3.05, 3.63) is 0 Å². The second-order valence-electron chi connectivity index (χ2n) is 6.39. The Labute approximate surface area is 128 Å². The van der Waals surface area contributed by atoms with Crippen LogP contribution < -0.4 is 16.0 Å². The topological polar surface area (TPSA) is 73.5 Å². The molecule has 1 fully saturated rings. The van der Waals surface area contributed by atoms with E-state index in [9.17, 15) is 9.59 Å². The van der Waals surface area contributed by atoms with Crippen molar-refractivity contribution in [2.24, 2.45) is 5.92 Å². The molecule has 0 saturated carbocycles. The van der Waals surface area contributed by atoms with Gasteiger partial charge in [-0.2, -0.15) is 0 Å². The van der Waals surface area contributed by atoms with Gasteiger partial charge in [-0.05, 0) is 59.5 Å². The van der Waals surface area contributed by atoms with Crippen molar-refractivity contribution < 1.29 is 9.59 Å². The normalized spacial score (nSPS) is 16.5. The van der Waals surface area contributed by atoms with E-state index in [4.69, 9.17) is 0 Å². The first kappa shape index (κ1) is 17.9. The molecule has 0 spiro atoms. The predicted octanol–water partition coefficient (Wildman–Crippen LogP) is 0.931. The van der Waals surface area contributed by atoms with Gasteiger partial charge in [0.05, 0.1) is 6.54 Å². The minimum atomic E-state index is -0.416. The van der Waals surface area contributed by atoms with Crippen LogP contribution in [0, 0.1) is 5.92 Å². The highest BCUT2D eigenvalue weighted by Gasteiger charge is 2.21. The smallest absolute Gasteiger partial charge is 0.321 e. The predicted molar refractivity (Wildman–Crippen MR) is 84.1 cm³/mol. The Balaban J connectivity index is 2.41. The fourth-order valence-electron chi connectivity index (χ4n) is 2.50. The first-order chi connectivity index (χ1) is 9.88. The number of piperidine rings is 1. The van der Waals surface area contributed by atoms with E-state index >= 15 is 0 Å². The van der Waals surface area contributed by atoms with Crippen LogP contribution in [0.4, 0.5) is 4.79 Å². The molecule has 1 heterocycles. The molecular weight excluding hydrogens is 268 g/mol. The average Bonchev–Trinajstić information content (AvgIpc) is 2.37. The van der Waals surface area contributed by atoms with Crippen LogP contribution >= 0.6 is 0 Å². The molecular formula is C15H30N4O2. The summed E-state index contributed by atoms with van der Waals surface area (Å²) in [5, 5.41) is 8.40. The maximum Gasteiger partial charge on any atom is 0.321 e. The molecule has 0 bridgehead atoms. The zero-order chi connectivity index (χ0) is 15.8. The Morgan fingerprint density at radius 1 is 1.19 bits per heavy atom. The van der Waals surface area contributed by atoms with Crippen molar-refractivity contribution in [3.8, 4) is 0 Å². The molecule has 1 aliphatic heterocycles. The zero-order valence-corrected chi connectivity index (χ0v) is 13.7. The number of nitrogens with one attached hydrogen (secondary N) is 3. The second kappa shape index (κ2) is 9.00. The number of imide groups is 1. The number of carbonyl (C=O) groups excluding carboxylic acids is 2. The lowest BCUT2D eigenvalue weighted by Crippen LogP contribution is -2.49. The van der Waals surface area contributed by atoms with Crippen molar-refractivity contribution >= 4 is 11.9 Å². The Kier molecular flexibility index (Phi) is 7.67. The molecule has 1 rings (SSSR count). The molecule has 0 aromatic heterocycles. The van der Waals surface area contributed by atoms with Gasteiger partial charge in [-0.3, -0.25) is 15.0 Å². The number of urea groups is 1. The first-order valence-electron chi connectivity index (χ1n) is 7.93. The minimum absolute atomic E-state index is 0.0220. The van der Waals surface area contributed by atoms with E-state index in [1.54, 1.807) is 0 Å². The lowest BCUT2D eigenvalue weighted by molar-refractivity contribution is -0.121. The molecule has 1 aliphatic rings. The minimum Gasteiger partial charge on any atom is -0.336 e. The Bertz CT molecular complexity index is 339. The summed E-state index contributed by atoms with van der Waals surface area (Å²) in [4.78, 5) is 25.6. The summed E-state index contributed by atoms with van der Waals surface area (Å²) in [6.07, 6.45) is 2.30. The van der Waals surface area contributed by atoms with E-state index in [0.717, 1.165) is 32.5 Å². The number of nitrogens with zero attached hydrogens (tertiary/aromatic N) is 1. The van der Waals surface area contributed by atoms with Crippen LogP contribution in [0.3, 0.4) is 0 Å². The zero-order valence-electron chi connectivity index (χ0n) is 13.7. The van der Waals surface area contributed by atoms with E-state index in [1.165, 1.54) is 0 Å². The molecule has 6 nitrogen and oxygen atoms in total. The molecule has 122 valence electrons. The van der Waals surface area contributed by atoms with Gasteiger partial charge in [-0.1, -0.05) is 0 Å². The van der Waals surface area contributed by atoms with Crippen molar-refractivity contribution in [3.63, 3.8) is 0 Å². The number of carbonyl (C=O) groups is 2. The second-order valence-corrected chi connectivity index (χ2v) is 6.39. The van der Waals surface area contributed by atoms with Crippen LogP contribution in [0.1, 0.15) is 40.5 Å². The maximum absolute atomic E-state index is 12.0. The molecule has 1 saturated heterocycles. The maximum atomic E-state index is 12.0. The summed E-state index contributed by atoms with van der Waals surface area (Å²) in [6, 6.07) is -0.104. The highest BCUT2D eigenvalue weighted by molar-refractivity contribution is 5.95. The summed E-state index contributed by atoms with van der Waals surface area (Å²) in [5.41, 5.74) is 0. The molecule has 0 aromatic rings. The fraction of sp³-hybridized carbons (Fsp3) is 0.867. The molecule has 0 atom stereocenters. The Hall–Kier alpha value is -1.14. The van der Waals surface area contributed by atoms with Gasteiger partial charge in [-0.25, -0.2) is 4.79 Å². The highest BCUT2D eigenvalue weighted by atomic mass is 16.2. The SMILES string of the molecule is CC(C)NC(=O)NC(=O)CN(CC1CCNCC1)C(C)C. The third-order valence-electron chi connectivity index (χ3n) is 3.70. The number of rotatable bonds is 6. The van der Waals surface area contributed by atoms with Gasteiger partial charge >= 0.3 is 6.03 Å². The third kappa shape index (κ3) is 7.43. The van der Waals surface area contributed by atoms with Crippen LogP contribution in [0.5, 0.6) is 0 Å². The quantitative estimate of drug-likeness (QED) is 0.682. The van der Waals surface area contributed by atoms with Gasteiger partial charge in [0.25, 0.3) is 0 Å². The summed E-state index contributed by atoms with van der Waals surface area (Å²) in [6.45, 7) is 11.2. The van der Waals surface area contributed by atoms with Gasteiger partial charge in [0, 0.05) is 18.6 Å². The molecule has 21 heavy (non-hydrogen) atoms. The van der Waals surface area contributed by atoms with E-state index in [1.807, 2.05) is 13.8 Å². The van der Waals surface area contributed by atoms with Gasteiger partial charge in [0.15, 0.2) is 0 Å². The van der Waals surface area contributed by atoms with Crippen molar-refractivity contribution in [1.29, 1.82) is 0 Å². The monoisotopic (exact) mass is 298 g/mol. The summed E-state index contributed by atoms with van der Waals surface area (Å²) in [5.74, 6) is 0.390. The largest absolute Gasteiger partial charge is 0.336 e. The van der Waals surface area contributed by atoms with Crippen molar-refractivity contribution in [2.45, 2.75) is 52.6 Å². The van der Waals surface area contributed by atoms with E-state index < -0.39 is 6.03 Å². The summed E-state index contributed by atoms with van der Waals surface area (Å²) in [7, 11) is 0. The van der Waals surface area contributed by atoms with Gasteiger partial charge in [0.1, 0.15) is 0 Å². The van der Waals surface area contributed by atoms with Crippen molar-refractivity contribution in [2.75, 3.05) is 26.2 Å². The van der Waals surface area contributed by atoms with E-state index in [0.29, 0.717) is 12.0 Å². The Morgan fingerprint density at radius 2 is 1.81 bits per heavy atom. The molecule has 3 N–H and O–H groups in total. The average molecular weight is 298 g/mol. The van der Waals surface area contributed by atoms with Crippen LogP contribution in [0.25, 0.3) is 0 Å². The van der Waals surface area contributed by atoms with Crippen molar-refractivity contribution in [1.82, 2.24) is 20.9 Å². The van der Waals surface area contributed by atoms with E-state index in [-0.39, 0.29) is 18.5 Å². The summed E-state index contributed by atoms with van der Waals surface area (Å²) < 4.78 is 0. The van der Waals surface area contributed by atoms with Crippen LogP contribution in [0.2, 0.25) is 0 Å². The van der Waals surface area contributed by atoms with Crippen LogP contribution in [0.15, 0.2) is 0 Å². The van der Waals surface area contributed by atoms with E-state index in [2.05, 4.69) is 34.7 Å². The summed E-state index contributed by atoms with van der Waals surface area (Å²) >= 11 is 0. The highest BCUT2D eigenvalue weighted by Crippen LogP contribution is 2.14. The van der Waals surface area contributed by atoms with Gasteiger partial charge in [0.2, 0.25) is 5.91 Å². The number of amides is 3. The third-order valence-corrected chi connectivity index (χ3v) is 3.70. The fourth-order valence-corrected chi connectivity index (χ4v) is 2.50. The molecule has 6 heteroatoms. The van der Waals surface area contributed by atoms with Gasteiger partial charge < -0.3 is 10.6 Å². The standard InChI is InChI=1S/C15H30N4O2/c1-11(2)17-15(21)18-14(20)10-19(12(3)4)9-13-5-7-16-8-6-13/h11-13,16H,5-10H2,1-4H3,(H2,17,18,20,21). The van der Waals surface area contributed by atoms with Crippen LogP contribution in [-0.2, 0) is 4.79 Å². The first-order valence-corrected chi connectivity index (χ1v) is 7.93. The lowest BCUT2D eigenvalue weighted by atomic mass is 9.97. The molecule has 0 aliphatic carbocycles. The number of hydrogen-bond acceptors (Lipinski definition) is 4. The lowest BCUT2D eigenvalue weighted by Gasteiger charge is -2.32. The molecule has 0 unspecified atom stereocenters. The molecule has 3 amide bonds. The number of hydrogen-bond donors (Lipinski definition) is 3. The molecule has 0 aromatic carbocycles.